The minimum atomic E-state index is -3.85. The van der Waals surface area contributed by atoms with Crippen molar-refractivity contribution < 1.29 is 22.7 Å². The van der Waals surface area contributed by atoms with Crippen molar-refractivity contribution in [3.63, 3.8) is 0 Å². The second-order valence-corrected chi connectivity index (χ2v) is 10.0. The average molecular weight is 481 g/mol. The predicted molar refractivity (Wildman–Crippen MR) is 129 cm³/mol. The molecule has 1 amide bonds. The van der Waals surface area contributed by atoms with Crippen LogP contribution in [0.3, 0.4) is 0 Å². The van der Waals surface area contributed by atoms with Gasteiger partial charge in [0.15, 0.2) is 6.61 Å². The van der Waals surface area contributed by atoms with E-state index in [1.807, 2.05) is 67.6 Å². The molecule has 0 fully saturated rings. The van der Waals surface area contributed by atoms with Crippen LogP contribution in [-0.4, -0.2) is 44.8 Å². The first-order valence-corrected chi connectivity index (χ1v) is 12.3. The van der Waals surface area contributed by atoms with Crippen molar-refractivity contribution in [2.45, 2.75) is 24.3 Å². The van der Waals surface area contributed by atoms with Crippen LogP contribution in [0.25, 0.3) is 0 Å². The highest BCUT2D eigenvalue weighted by Gasteiger charge is 2.24. The largest absolute Gasteiger partial charge is 0.455 e. The van der Waals surface area contributed by atoms with E-state index < -0.39 is 35.1 Å². The van der Waals surface area contributed by atoms with Gasteiger partial charge >= 0.3 is 5.97 Å². The van der Waals surface area contributed by atoms with Crippen LogP contribution in [0.2, 0.25) is 0 Å². The maximum absolute atomic E-state index is 12.6. The summed E-state index contributed by atoms with van der Waals surface area (Å²) < 4.78 is 31.2. The number of nitrogens with one attached hydrogen (secondary N) is 1. The van der Waals surface area contributed by atoms with Crippen LogP contribution in [-0.2, 0) is 30.8 Å². The lowest BCUT2D eigenvalue weighted by atomic mass is 9.99. The molecule has 1 N–H and O–H groups in total. The minimum Gasteiger partial charge on any atom is -0.455 e. The molecule has 7 nitrogen and oxygen atoms in total. The summed E-state index contributed by atoms with van der Waals surface area (Å²) in [5.41, 5.74) is 2.90. The maximum atomic E-state index is 12.6. The summed E-state index contributed by atoms with van der Waals surface area (Å²) in [6.07, 6.45) is 0.571. The summed E-state index contributed by atoms with van der Waals surface area (Å²) in [4.78, 5) is 24.8. The van der Waals surface area contributed by atoms with E-state index in [4.69, 9.17) is 4.74 Å². The standard InChI is InChI=1S/C26H28N2O5S/c1-20-13-15-23(16-14-20)34(31,32)28(2)18-26(30)33-19-25(29)27-24(22-11-7-4-8-12-22)17-21-9-5-3-6-10-21/h3-16,24H,17-19H2,1-2H3,(H,27,29). The molecule has 0 saturated heterocycles. The summed E-state index contributed by atoms with van der Waals surface area (Å²) >= 11 is 0. The van der Waals surface area contributed by atoms with E-state index in [9.17, 15) is 18.0 Å². The third-order valence-corrected chi connectivity index (χ3v) is 7.08. The Morgan fingerprint density at radius 1 is 0.912 bits per heavy atom. The van der Waals surface area contributed by atoms with Gasteiger partial charge in [-0.25, -0.2) is 8.42 Å². The van der Waals surface area contributed by atoms with Gasteiger partial charge in [0.25, 0.3) is 5.91 Å². The molecule has 34 heavy (non-hydrogen) atoms. The molecule has 1 atom stereocenters. The molecule has 3 aromatic carbocycles. The highest BCUT2D eigenvalue weighted by Crippen LogP contribution is 2.18. The van der Waals surface area contributed by atoms with Crippen LogP contribution in [0.5, 0.6) is 0 Å². The van der Waals surface area contributed by atoms with Gasteiger partial charge in [0, 0.05) is 7.05 Å². The lowest BCUT2D eigenvalue weighted by Crippen LogP contribution is -2.36. The molecule has 1 unspecified atom stereocenters. The Balaban J connectivity index is 1.56. The number of amides is 1. The SMILES string of the molecule is Cc1ccc(S(=O)(=O)N(C)CC(=O)OCC(=O)NC(Cc2ccccc2)c2ccccc2)cc1. The molecule has 3 rings (SSSR count). The van der Waals surface area contributed by atoms with E-state index >= 15 is 0 Å². The van der Waals surface area contributed by atoms with Crippen molar-refractivity contribution >= 4 is 21.9 Å². The first-order valence-electron chi connectivity index (χ1n) is 10.8. The van der Waals surface area contributed by atoms with Gasteiger partial charge in [-0.05, 0) is 36.6 Å². The number of esters is 1. The zero-order chi connectivity index (χ0) is 24.6. The van der Waals surface area contributed by atoms with Crippen molar-refractivity contribution in [1.29, 1.82) is 0 Å². The molecule has 0 aliphatic rings. The van der Waals surface area contributed by atoms with E-state index in [2.05, 4.69) is 5.32 Å². The number of aryl methyl sites for hydroxylation is 1. The molecule has 0 heterocycles. The van der Waals surface area contributed by atoms with E-state index in [1.54, 1.807) is 12.1 Å². The smallest absolute Gasteiger partial charge is 0.321 e. The number of hydrogen-bond donors (Lipinski definition) is 1. The molecular formula is C26H28N2O5S. The van der Waals surface area contributed by atoms with Crippen molar-refractivity contribution in [3.05, 3.63) is 102 Å². The number of rotatable bonds is 10. The van der Waals surface area contributed by atoms with Crippen LogP contribution >= 0.6 is 0 Å². The zero-order valence-corrected chi connectivity index (χ0v) is 20.0. The number of likely N-dealkylation sites (N-methyl/N-ethyl adjacent to an activating group) is 1. The Morgan fingerprint density at radius 2 is 1.50 bits per heavy atom. The fourth-order valence-electron chi connectivity index (χ4n) is 3.37. The number of carbonyl (C=O) groups is 2. The van der Waals surface area contributed by atoms with Crippen molar-refractivity contribution in [2.24, 2.45) is 0 Å². The lowest BCUT2D eigenvalue weighted by molar-refractivity contribution is -0.148. The van der Waals surface area contributed by atoms with E-state index in [1.165, 1.54) is 19.2 Å². The topological polar surface area (TPSA) is 92.8 Å². The Labute approximate surface area is 200 Å². The van der Waals surface area contributed by atoms with Gasteiger partial charge in [-0.1, -0.05) is 78.4 Å². The fourth-order valence-corrected chi connectivity index (χ4v) is 4.49. The highest BCUT2D eigenvalue weighted by atomic mass is 32.2. The summed E-state index contributed by atoms with van der Waals surface area (Å²) in [5, 5.41) is 2.90. The zero-order valence-electron chi connectivity index (χ0n) is 19.2. The first-order chi connectivity index (χ1) is 16.3. The normalized spacial score (nSPS) is 12.2. The molecule has 0 aliphatic carbocycles. The summed E-state index contributed by atoms with van der Waals surface area (Å²) in [5.74, 6) is -1.28. The third-order valence-electron chi connectivity index (χ3n) is 5.26. The van der Waals surface area contributed by atoms with Crippen molar-refractivity contribution in [1.82, 2.24) is 9.62 Å². The maximum Gasteiger partial charge on any atom is 0.321 e. The molecule has 0 saturated carbocycles. The minimum absolute atomic E-state index is 0.0813. The molecule has 3 aromatic rings. The van der Waals surface area contributed by atoms with Gasteiger partial charge in [-0.3, -0.25) is 9.59 Å². The molecule has 8 heteroatoms. The average Bonchev–Trinajstić information content (AvgIpc) is 2.84. The quantitative estimate of drug-likeness (QED) is 0.450. The second-order valence-electron chi connectivity index (χ2n) is 7.96. The van der Waals surface area contributed by atoms with Crippen LogP contribution in [0.15, 0.2) is 89.8 Å². The number of ether oxygens (including phenoxy) is 1. The van der Waals surface area contributed by atoms with Crippen molar-refractivity contribution in [3.8, 4) is 0 Å². The molecule has 178 valence electrons. The summed E-state index contributed by atoms with van der Waals surface area (Å²) in [7, 11) is -2.55. The molecule has 0 aliphatic heterocycles. The Kier molecular flexibility index (Phi) is 8.56. The molecule has 0 aromatic heterocycles. The van der Waals surface area contributed by atoms with Crippen LogP contribution < -0.4 is 5.32 Å². The lowest BCUT2D eigenvalue weighted by Gasteiger charge is -2.20. The number of sulfonamides is 1. The summed E-state index contributed by atoms with van der Waals surface area (Å²) in [6.45, 7) is 0.843. The van der Waals surface area contributed by atoms with Crippen LogP contribution in [0, 0.1) is 6.92 Å². The van der Waals surface area contributed by atoms with Crippen LogP contribution in [0.1, 0.15) is 22.7 Å². The third kappa shape index (κ3) is 7.00. The van der Waals surface area contributed by atoms with E-state index in [0.717, 1.165) is 21.0 Å². The molecule has 0 bridgehead atoms. The van der Waals surface area contributed by atoms with E-state index in [0.29, 0.717) is 6.42 Å². The number of hydrogen-bond acceptors (Lipinski definition) is 5. The molecule has 0 spiro atoms. The summed E-state index contributed by atoms with van der Waals surface area (Å²) in [6, 6.07) is 25.3. The van der Waals surface area contributed by atoms with E-state index in [-0.39, 0.29) is 10.9 Å². The Hall–Kier alpha value is -3.49. The highest BCUT2D eigenvalue weighted by molar-refractivity contribution is 7.89. The van der Waals surface area contributed by atoms with Gasteiger partial charge in [0.05, 0.1) is 10.9 Å². The molecule has 0 radical (unpaired) electrons. The predicted octanol–water partition coefficient (Wildman–Crippen LogP) is 3.26. The van der Waals surface area contributed by atoms with Crippen LogP contribution in [0.4, 0.5) is 0 Å². The van der Waals surface area contributed by atoms with Gasteiger partial charge < -0.3 is 10.1 Å². The van der Waals surface area contributed by atoms with Gasteiger partial charge in [-0.2, -0.15) is 4.31 Å². The monoisotopic (exact) mass is 480 g/mol. The Bertz CT molecular complexity index is 1200. The van der Waals surface area contributed by atoms with Gasteiger partial charge in [-0.15, -0.1) is 0 Å². The molecular weight excluding hydrogens is 452 g/mol. The van der Waals surface area contributed by atoms with Crippen molar-refractivity contribution in [2.75, 3.05) is 20.2 Å². The Morgan fingerprint density at radius 3 is 2.12 bits per heavy atom. The van der Waals surface area contributed by atoms with Gasteiger partial charge in [0.2, 0.25) is 10.0 Å². The number of benzene rings is 3. The fraction of sp³-hybridized carbons (Fsp3) is 0.231. The van der Waals surface area contributed by atoms with Gasteiger partial charge in [0.1, 0.15) is 6.54 Å². The second kappa shape index (κ2) is 11.6. The number of nitrogens with zero attached hydrogens (tertiary/aromatic N) is 1. The first kappa shape index (κ1) is 25.1. The number of carbonyl (C=O) groups excluding carboxylic acids is 2.